The molecule has 3 amide bonds. The van der Waals surface area contributed by atoms with E-state index in [1.165, 1.54) is 78.1 Å². The van der Waals surface area contributed by atoms with Gasteiger partial charge in [-0.1, -0.05) is 30.5 Å². The summed E-state index contributed by atoms with van der Waals surface area (Å²) in [6.45, 7) is 0.423. The van der Waals surface area contributed by atoms with E-state index in [4.69, 9.17) is 40.7 Å². The van der Waals surface area contributed by atoms with Gasteiger partial charge in [-0.05, 0) is 102 Å². The number of carboxylic acid groups (broad SMARTS) is 1. The summed E-state index contributed by atoms with van der Waals surface area (Å²) in [7, 11) is -4.75. The topological polar surface area (TPSA) is 406 Å². The Labute approximate surface area is 525 Å². The molecular weight excluding hydrogens is 1280 g/mol. The minimum atomic E-state index is -4.75. The molecule has 6 aromatic rings. The number of rotatable bonds is 26. The molecule has 2 saturated heterocycles. The predicted octanol–water partition coefficient (Wildman–Crippen LogP) is 4.90. The lowest BCUT2D eigenvalue weighted by molar-refractivity contribution is -0.121. The third kappa shape index (κ3) is 15.1. The van der Waals surface area contributed by atoms with Crippen LogP contribution in [-0.4, -0.2) is 169 Å². The lowest BCUT2D eigenvalue weighted by Crippen LogP contribution is -2.52. The van der Waals surface area contributed by atoms with Gasteiger partial charge in [0.1, 0.15) is 53.4 Å². The number of nitrogens with zero attached hydrogens (tertiary/aromatic N) is 7. The summed E-state index contributed by atoms with van der Waals surface area (Å²) >= 11 is 9.53. The zero-order valence-electron chi connectivity index (χ0n) is 47.8. The average molecular weight is 1350 g/mol. The van der Waals surface area contributed by atoms with E-state index in [0.29, 0.717) is 65.3 Å². The fourth-order valence-corrected chi connectivity index (χ4v) is 12.4. The van der Waals surface area contributed by atoms with E-state index in [1.54, 1.807) is 12.1 Å². The summed E-state index contributed by atoms with van der Waals surface area (Å²) in [4.78, 5) is 94.4. The number of phenolic OH excluding ortho intramolecular Hbond substituents is 1. The Bertz CT molecular complexity index is 4190. The van der Waals surface area contributed by atoms with Crippen LogP contribution in [0, 0.1) is 0 Å². The number of aliphatic hydroxyl groups excluding tert-OH is 2. The molecule has 10 N–H and O–H groups in total. The number of aliphatic hydroxyl groups is 2. The van der Waals surface area contributed by atoms with Crippen molar-refractivity contribution in [2.24, 2.45) is 0 Å². The molecule has 3 aromatic carbocycles. The number of hydrogen-bond acceptors (Lipinski definition) is 22. The van der Waals surface area contributed by atoms with Gasteiger partial charge in [-0.3, -0.25) is 23.5 Å². The maximum Gasteiger partial charge on any atom is 0.422 e. The van der Waals surface area contributed by atoms with Crippen LogP contribution in [0.2, 0.25) is 5.02 Å². The largest absolute Gasteiger partial charge is 0.508 e. The number of urea groups is 1. The van der Waals surface area contributed by atoms with E-state index in [1.807, 2.05) is 4.72 Å². The van der Waals surface area contributed by atoms with Crippen molar-refractivity contribution in [3.05, 3.63) is 121 Å². The zero-order chi connectivity index (χ0) is 63.8. The number of imidazole rings is 1. The number of phenols is 1. The van der Waals surface area contributed by atoms with Gasteiger partial charge in [0.2, 0.25) is 0 Å². The summed E-state index contributed by atoms with van der Waals surface area (Å²) in [5.41, 5.74) is 7.42. The maximum atomic E-state index is 14.2. The van der Waals surface area contributed by atoms with Crippen LogP contribution in [0.3, 0.4) is 0 Å². The Kier molecular flexibility index (Phi) is 20.7. The van der Waals surface area contributed by atoms with E-state index < -0.39 is 82.9 Å². The quantitative estimate of drug-likeness (QED) is 0.0257. The van der Waals surface area contributed by atoms with Crippen LogP contribution in [0.15, 0.2) is 104 Å². The fraction of sp³-hybridized carbons (Fsp3) is 0.379. The monoisotopic (exact) mass is 1340 g/mol. The number of carboxylic acids is 1. The molecule has 29 nitrogen and oxygen atoms in total. The number of halogens is 2. The summed E-state index contributed by atoms with van der Waals surface area (Å²) in [5.74, 6) is -1.50. The van der Waals surface area contributed by atoms with Crippen LogP contribution in [0.1, 0.15) is 61.5 Å². The molecule has 0 saturated carbocycles. The number of nitrogens with two attached hydrogens (primary N) is 1. The number of benzene rings is 4. The molecule has 32 heteroatoms. The number of amides is 3. The number of carbonyl (C=O) groups is 4. The highest BCUT2D eigenvalue weighted by Crippen LogP contribution is 2.43. The molecule has 3 aromatic heterocycles. The summed E-state index contributed by atoms with van der Waals surface area (Å²) < 4.78 is 63.2. The number of aromatic nitrogens is 6. The molecule has 4 aliphatic rings. The molecule has 1 unspecified atom stereocenters. The molecule has 0 radical (unpaired) electrons. The number of aromatic hydroxyl groups is 1. The summed E-state index contributed by atoms with van der Waals surface area (Å²) in [6, 6.07) is 14.6. The van der Waals surface area contributed by atoms with Crippen molar-refractivity contribution in [3.63, 3.8) is 0 Å². The number of piperidine rings is 1. The third-order valence-corrected chi connectivity index (χ3v) is 17.8. The minimum Gasteiger partial charge on any atom is -0.508 e. The molecule has 3 aliphatic heterocycles. The average Bonchev–Trinajstić information content (AvgIpc) is 0.840. The number of aromatic carboxylic acids is 1. The first kappa shape index (κ1) is 64.7. The van der Waals surface area contributed by atoms with Crippen LogP contribution in [0.5, 0.6) is 5.75 Å². The van der Waals surface area contributed by atoms with Crippen molar-refractivity contribution in [3.8, 4) is 28.2 Å². The summed E-state index contributed by atoms with van der Waals surface area (Å²) in [5, 5.41) is 52.3. The van der Waals surface area contributed by atoms with Gasteiger partial charge < -0.3 is 65.5 Å². The standard InChI is InChI=1S/C58H62BrClN12O17S/c59-40-25-42-39(24-41(40)60)54(78)70(29-66-42)26-34(75)21-43-44(6-5-13-62-43)89-58(82)69-90(83,84)71(27-47-50(76)51(77)55(88-47)72-30-67-49-52(61)64-28-65-53(49)72)15-3-1-2-4-16-85-18-19-86-17-14-63-57(81)68-31-7-10-35(38(20-31)56(79)80)48-36-11-8-32(73)22-45(36)87-46-23-33(74)9-12-37(46)48/h7-12,20,22-25,28-30,43-44,47,50-51,55,62,73,76-77H,1-6,13-19,21,26-27H2,(H,69,82)(H,79,80)(H2,61,64,65)(H2,63,68,81)/t43-,44+,47-,50-,51-,55?/m1/s1. The molecule has 6 heterocycles. The number of anilines is 2. The highest BCUT2D eigenvalue weighted by molar-refractivity contribution is 9.10. The SMILES string of the molecule is Nc1ncnc2c1ncn2C1O[C@H](CN(CCCCCCOCCOCCNC(=O)Nc2ccc(-c3c4ccc(=O)cc-4oc4cc(O)ccc34)c(C(=O)O)c2)S(=O)(=O)NC(=O)O[C@H]2CCCN[C@@H]2CC(=O)Cn2cnc3cc(Br)c(Cl)cc3c2=O)[C@@H](O)[C@H]1O. The normalized spacial score (nSPS) is 18.6. The first-order chi connectivity index (χ1) is 43.2. The van der Waals surface area contributed by atoms with Crippen molar-refractivity contribution in [2.45, 2.75) is 88.2 Å². The Hall–Kier alpha value is -8.24. The van der Waals surface area contributed by atoms with Gasteiger partial charge in [0, 0.05) is 71.5 Å². The van der Waals surface area contributed by atoms with Gasteiger partial charge in [0.15, 0.2) is 28.9 Å². The number of nitrogen functional groups attached to an aromatic ring is 1. The van der Waals surface area contributed by atoms with Crippen molar-refractivity contribution in [2.75, 3.05) is 63.7 Å². The number of nitrogens with one attached hydrogen (secondary N) is 4. The van der Waals surface area contributed by atoms with Crippen molar-refractivity contribution in [1.82, 2.24) is 48.7 Å². The van der Waals surface area contributed by atoms with Crippen LogP contribution in [-0.2, 0) is 40.5 Å². The number of ketones is 1. The Morgan fingerprint density at radius 1 is 0.889 bits per heavy atom. The van der Waals surface area contributed by atoms with E-state index >= 15 is 0 Å². The lowest BCUT2D eigenvalue weighted by Gasteiger charge is -2.32. The van der Waals surface area contributed by atoms with E-state index in [-0.39, 0.29) is 125 Å². The van der Waals surface area contributed by atoms with Gasteiger partial charge >= 0.3 is 28.3 Å². The predicted molar refractivity (Wildman–Crippen MR) is 329 cm³/mol. The highest BCUT2D eigenvalue weighted by Gasteiger charge is 2.46. The van der Waals surface area contributed by atoms with Gasteiger partial charge in [0.25, 0.3) is 5.56 Å². The first-order valence-corrected chi connectivity index (χ1v) is 31.1. The number of hydrogen-bond donors (Lipinski definition) is 9. The summed E-state index contributed by atoms with van der Waals surface area (Å²) in [6.07, 6.45) is -1.75. The molecule has 90 heavy (non-hydrogen) atoms. The number of Topliss-reactive ketones (excluding diaryl/α,β-unsaturated/α-hetero) is 1. The number of ether oxygens (including phenoxy) is 4. The molecule has 0 bridgehead atoms. The first-order valence-electron chi connectivity index (χ1n) is 28.5. The third-order valence-electron chi connectivity index (χ3n) is 15.2. The minimum absolute atomic E-state index is 0.0588. The van der Waals surface area contributed by atoms with Gasteiger partial charge in [-0.15, -0.1) is 0 Å². The maximum absolute atomic E-state index is 14.2. The molecular formula is C58H62BrClN12O17S. The van der Waals surface area contributed by atoms with Gasteiger partial charge in [-0.2, -0.15) is 12.7 Å². The van der Waals surface area contributed by atoms with Crippen molar-refractivity contribution in [1.29, 1.82) is 0 Å². The van der Waals surface area contributed by atoms with Crippen molar-refractivity contribution >= 4 is 106 Å². The highest BCUT2D eigenvalue weighted by atomic mass is 79.9. The van der Waals surface area contributed by atoms with Crippen LogP contribution >= 0.6 is 27.5 Å². The smallest absolute Gasteiger partial charge is 0.422 e. The van der Waals surface area contributed by atoms with E-state index in [2.05, 4.69) is 51.8 Å². The second-order valence-electron chi connectivity index (χ2n) is 21.3. The molecule has 476 valence electrons. The Morgan fingerprint density at radius 3 is 2.49 bits per heavy atom. The molecule has 10 rings (SSSR count). The number of carbonyl (C=O) groups excluding carboxylic acids is 3. The molecule has 2 fully saturated rings. The van der Waals surface area contributed by atoms with Gasteiger partial charge in [0.05, 0.1) is 66.6 Å². The Balaban J connectivity index is 0.679. The van der Waals surface area contributed by atoms with E-state index in [9.17, 15) is 57.6 Å². The zero-order valence-corrected chi connectivity index (χ0v) is 51.0. The lowest BCUT2D eigenvalue weighted by atomic mass is 9.90. The number of unbranched alkanes of at least 4 members (excludes halogenated alkanes) is 3. The second kappa shape index (κ2) is 28.7. The van der Waals surface area contributed by atoms with Crippen LogP contribution in [0.4, 0.5) is 21.1 Å². The van der Waals surface area contributed by atoms with Crippen LogP contribution in [0.25, 0.3) is 55.5 Å². The Morgan fingerprint density at radius 2 is 1.68 bits per heavy atom. The molecule has 0 spiro atoms. The second-order valence-corrected chi connectivity index (χ2v) is 24.3. The van der Waals surface area contributed by atoms with Crippen LogP contribution < -0.4 is 37.4 Å². The molecule has 6 atom stereocenters. The van der Waals surface area contributed by atoms with E-state index in [0.717, 1.165) is 8.87 Å². The molecule has 1 aliphatic carbocycles. The fourth-order valence-electron chi connectivity index (χ4n) is 10.8. The number of fused-ring (bicyclic) bond motifs is 4. The van der Waals surface area contributed by atoms with Gasteiger partial charge in [-0.25, -0.2) is 39.0 Å². The van der Waals surface area contributed by atoms with Crippen molar-refractivity contribution < 1.29 is 71.4 Å².